The van der Waals surface area contributed by atoms with Crippen LogP contribution in [0.1, 0.15) is 62.9 Å². The highest BCUT2D eigenvalue weighted by atomic mass is 32.2. The molecule has 35 heavy (non-hydrogen) atoms. The number of aromatic amines is 1. The zero-order valence-corrected chi connectivity index (χ0v) is 20.8. The number of imidazole rings is 1. The van der Waals surface area contributed by atoms with E-state index in [4.69, 9.17) is 9.84 Å². The van der Waals surface area contributed by atoms with Gasteiger partial charge in [0.15, 0.2) is 11.3 Å². The molecule has 2 aromatic heterocycles. The van der Waals surface area contributed by atoms with Gasteiger partial charge in [-0.3, -0.25) is 4.79 Å². The molecule has 3 heterocycles. The van der Waals surface area contributed by atoms with Gasteiger partial charge in [-0.05, 0) is 57.7 Å². The predicted molar refractivity (Wildman–Crippen MR) is 130 cm³/mol. The Kier molecular flexibility index (Phi) is 6.41. The molecule has 188 valence electrons. The fourth-order valence-electron chi connectivity index (χ4n) is 5.13. The van der Waals surface area contributed by atoms with E-state index in [0.29, 0.717) is 42.0 Å². The van der Waals surface area contributed by atoms with Crippen LogP contribution < -0.4 is 10.3 Å². The predicted octanol–water partition coefficient (Wildman–Crippen LogP) is 2.59. The van der Waals surface area contributed by atoms with Crippen LogP contribution in [0.15, 0.2) is 27.9 Å². The zero-order valence-electron chi connectivity index (χ0n) is 20.0. The van der Waals surface area contributed by atoms with Gasteiger partial charge in [0.05, 0.1) is 28.9 Å². The third-order valence-electron chi connectivity index (χ3n) is 6.99. The van der Waals surface area contributed by atoms with Crippen LogP contribution in [0, 0.1) is 6.92 Å². The fraction of sp³-hybridized carbons (Fsp3) is 0.542. The Bertz CT molecular complexity index is 1400. The van der Waals surface area contributed by atoms with Gasteiger partial charge in [0, 0.05) is 19.0 Å². The third kappa shape index (κ3) is 4.36. The van der Waals surface area contributed by atoms with E-state index >= 15 is 0 Å². The van der Waals surface area contributed by atoms with E-state index in [0.717, 1.165) is 31.5 Å². The molecule has 0 unspecified atom stereocenters. The molecule has 1 aromatic carbocycles. The fourth-order valence-corrected chi connectivity index (χ4v) is 6.63. The van der Waals surface area contributed by atoms with Gasteiger partial charge in [0.2, 0.25) is 10.0 Å². The van der Waals surface area contributed by atoms with E-state index in [1.165, 1.54) is 16.4 Å². The standard InChI is InChI=1S/C24H31N5O5S/c1-3-34-20-9-8-18(35(32,33)28-12-10-17(30)11-13-28)14-19(20)22-26-24(31)21-15(2)25-23(29(21)27-22)16-6-4-5-7-16/h8-9,14,16-17,30H,3-7,10-13H2,1-2H3,(H,26,27,31). The minimum atomic E-state index is -3.79. The Morgan fingerprint density at radius 2 is 1.89 bits per heavy atom. The summed E-state index contributed by atoms with van der Waals surface area (Å²) >= 11 is 0. The molecule has 1 aliphatic heterocycles. The lowest BCUT2D eigenvalue weighted by molar-refractivity contribution is 0.113. The summed E-state index contributed by atoms with van der Waals surface area (Å²) in [6.45, 7) is 4.52. The third-order valence-corrected chi connectivity index (χ3v) is 8.88. The summed E-state index contributed by atoms with van der Waals surface area (Å²) in [6.07, 6.45) is 4.58. The van der Waals surface area contributed by atoms with E-state index in [1.807, 2.05) is 6.92 Å². The molecule has 3 aromatic rings. The summed E-state index contributed by atoms with van der Waals surface area (Å²) in [5.41, 5.74) is 1.10. The van der Waals surface area contributed by atoms with Crippen molar-refractivity contribution in [3.63, 3.8) is 0 Å². The first kappa shape index (κ1) is 24.0. The van der Waals surface area contributed by atoms with E-state index in [9.17, 15) is 18.3 Å². The molecule has 10 nitrogen and oxygen atoms in total. The van der Waals surface area contributed by atoms with Gasteiger partial charge in [0.25, 0.3) is 5.56 Å². The second kappa shape index (κ2) is 9.36. The SMILES string of the molecule is CCOc1ccc(S(=O)(=O)N2CCC(O)CC2)cc1-c1nn2c(C3CCCC3)nc(C)c2c(=O)[nH]1. The molecule has 0 amide bonds. The van der Waals surface area contributed by atoms with Crippen molar-refractivity contribution < 1.29 is 18.3 Å². The minimum absolute atomic E-state index is 0.0907. The zero-order chi connectivity index (χ0) is 24.7. The quantitative estimate of drug-likeness (QED) is 0.531. The number of aryl methyl sites for hydroxylation is 1. The van der Waals surface area contributed by atoms with Gasteiger partial charge in [-0.1, -0.05) is 12.8 Å². The van der Waals surface area contributed by atoms with E-state index in [2.05, 4.69) is 9.97 Å². The molecule has 5 rings (SSSR count). The van der Waals surface area contributed by atoms with Gasteiger partial charge in [-0.25, -0.2) is 17.9 Å². The number of sulfonamides is 1. The van der Waals surface area contributed by atoms with E-state index in [1.54, 1.807) is 17.5 Å². The molecule has 2 aliphatic rings. The first-order chi connectivity index (χ1) is 16.8. The Morgan fingerprint density at radius 1 is 1.17 bits per heavy atom. The molecular weight excluding hydrogens is 470 g/mol. The molecule has 2 N–H and O–H groups in total. The van der Waals surface area contributed by atoms with Gasteiger partial charge < -0.3 is 14.8 Å². The molecule has 11 heteroatoms. The molecule has 0 atom stereocenters. The topological polar surface area (TPSA) is 130 Å². The van der Waals surface area contributed by atoms with Crippen LogP contribution in [-0.2, 0) is 10.0 Å². The normalized spacial score (nSPS) is 18.5. The van der Waals surface area contributed by atoms with E-state index < -0.39 is 16.1 Å². The van der Waals surface area contributed by atoms with Crippen molar-refractivity contribution in [3.8, 4) is 17.1 Å². The van der Waals surface area contributed by atoms with Crippen LogP contribution in [0.2, 0.25) is 0 Å². The number of nitrogens with one attached hydrogen (secondary N) is 1. The number of aliphatic hydroxyl groups is 1. The van der Waals surface area contributed by atoms with Gasteiger partial charge in [-0.15, -0.1) is 5.10 Å². The summed E-state index contributed by atoms with van der Waals surface area (Å²) in [6, 6.07) is 4.62. The number of piperidine rings is 1. The van der Waals surface area contributed by atoms with Crippen molar-refractivity contribution >= 4 is 15.5 Å². The Balaban J connectivity index is 1.63. The number of fused-ring (bicyclic) bond motifs is 1. The monoisotopic (exact) mass is 501 g/mol. The highest BCUT2D eigenvalue weighted by molar-refractivity contribution is 7.89. The second-order valence-corrected chi connectivity index (χ2v) is 11.3. The van der Waals surface area contributed by atoms with Crippen molar-refractivity contribution in [1.29, 1.82) is 0 Å². The number of rotatable bonds is 6. The maximum atomic E-state index is 13.4. The number of hydrogen-bond acceptors (Lipinski definition) is 7. The van der Waals surface area contributed by atoms with Crippen LogP contribution in [0.3, 0.4) is 0 Å². The molecule has 1 aliphatic carbocycles. The Morgan fingerprint density at radius 3 is 2.57 bits per heavy atom. The number of hydrogen-bond donors (Lipinski definition) is 2. The van der Waals surface area contributed by atoms with E-state index in [-0.39, 0.29) is 35.3 Å². The first-order valence-corrected chi connectivity index (χ1v) is 13.7. The Labute approximate surface area is 204 Å². The number of ether oxygens (including phenoxy) is 1. The number of nitrogens with zero attached hydrogens (tertiary/aromatic N) is 4. The van der Waals surface area contributed by atoms with Crippen molar-refractivity contribution in [1.82, 2.24) is 23.9 Å². The van der Waals surface area contributed by atoms with Crippen molar-refractivity contribution in [3.05, 3.63) is 40.1 Å². The largest absolute Gasteiger partial charge is 0.493 e. The first-order valence-electron chi connectivity index (χ1n) is 12.2. The maximum Gasteiger partial charge on any atom is 0.277 e. The summed E-state index contributed by atoms with van der Waals surface area (Å²) in [4.78, 5) is 20.7. The average Bonchev–Trinajstić information content (AvgIpc) is 3.48. The molecule has 0 radical (unpaired) electrons. The van der Waals surface area contributed by atoms with Gasteiger partial charge in [0.1, 0.15) is 11.6 Å². The van der Waals surface area contributed by atoms with Crippen LogP contribution >= 0.6 is 0 Å². The van der Waals surface area contributed by atoms with Crippen molar-refractivity contribution in [2.45, 2.75) is 69.3 Å². The summed E-state index contributed by atoms with van der Waals surface area (Å²) in [7, 11) is -3.79. The minimum Gasteiger partial charge on any atom is -0.493 e. The summed E-state index contributed by atoms with van der Waals surface area (Å²) in [5.74, 6) is 1.68. The van der Waals surface area contributed by atoms with Gasteiger partial charge >= 0.3 is 0 Å². The lowest BCUT2D eigenvalue weighted by Crippen LogP contribution is -2.40. The van der Waals surface area contributed by atoms with Crippen LogP contribution in [0.5, 0.6) is 5.75 Å². The van der Waals surface area contributed by atoms with Crippen LogP contribution in [-0.4, -0.2) is 63.2 Å². The van der Waals surface area contributed by atoms with Crippen LogP contribution in [0.4, 0.5) is 0 Å². The number of aliphatic hydroxyl groups excluding tert-OH is 1. The van der Waals surface area contributed by atoms with Crippen LogP contribution in [0.25, 0.3) is 16.9 Å². The number of H-pyrrole nitrogens is 1. The molecule has 2 fully saturated rings. The molecule has 1 saturated carbocycles. The average molecular weight is 502 g/mol. The lowest BCUT2D eigenvalue weighted by atomic mass is 10.1. The highest BCUT2D eigenvalue weighted by Gasteiger charge is 2.30. The lowest BCUT2D eigenvalue weighted by Gasteiger charge is -2.29. The number of benzene rings is 1. The highest BCUT2D eigenvalue weighted by Crippen LogP contribution is 2.35. The molecule has 1 saturated heterocycles. The molecular formula is C24H31N5O5S. The second-order valence-electron chi connectivity index (χ2n) is 9.33. The molecule has 0 bridgehead atoms. The summed E-state index contributed by atoms with van der Waals surface area (Å²) < 4.78 is 35.5. The summed E-state index contributed by atoms with van der Waals surface area (Å²) in [5, 5.41) is 14.5. The Hall–Kier alpha value is -2.76. The smallest absolute Gasteiger partial charge is 0.277 e. The maximum absolute atomic E-state index is 13.4. The van der Waals surface area contributed by atoms with Crippen molar-refractivity contribution in [2.24, 2.45) is 0 Å². The van der Waals surface area contributed by atoms with Crippen molar-refractivity contribution in [2.75, 3.05) is 19.7 Å². The number of aromatic nitrogens is 4. The molecule has 0 spiro atoms. The van der Waals surface area contributed by atoms with Gasteiger partial charge in [-0.2, -0.15) is 4.31 Å².